The van der Waals surface area contributed by atoms with E-state index in [4.69, 9.17) is 9.72 Å². The lowest BCUT2D eigenvalue weighted by molar-refractivity contribution is -0.00974. The number of benzene rings is 1. The van der Waals surface area contributed by atoms with Crippen LogP contribution in [-0.4, -0.2) is 35.9 Å². The number of hydrogen-bond acceptors (Lipinski definition) is 3. The lowest BCUT2D eigenvalue weighted by Crippen LogP contribution is -2.48. The van der Waals surface area contributed by atoms with Crippen molar-refractivity contribution in [1.29, 1.82) is 0 Å². The fourth-order valence-electron chi connectivity index (χ4n) is 3.06. The Morgan fingerprint density at radius 3 is 2.48 bits per heavy atom. The number of imidazole rings is 1. The highest BCUT2D eigenvalue weighted by molar-refractivity contribution is 5.75. The molecule has 21 heavy (non-hydrogen) atoms. The molecule has 0 aliphatic rings. The van der Waals surface area contributed by atoms with Crippen LogP contribution in [-0.2, 0) is 18.2 Å². The Labute approximate surface area is 127 Å². The Morgan fingerprint density at radius 2 is 1.95 bits per heavy atom. The molecule has 0 fully saturated rings. The summed E-state index contributed by atoms with van der Waals surface area (Å²) in [6.07, 6.45) is 0.972. The molecule has 1 N–H and O–H groups in total. The molecule has 1 heterocycles. The topological polar surface area (TPSA) is 39.1 Å². The van der Waals surface area contributed by atoms with Crippen molar-refractivity contribution in [3.8, 4) is 0 Å². The summed E-state index contributed by atoms with van der Waals surface area (Å²) in [4.78, 5) is 4.77. The second-order valence-electron chi connectivity index (χ2n) is 6.70. The Hall–Kier alpha value is -1.39. The van der Waals surface area contributed by atoms with Gasteiger partial charge in [-0.3, -0.25) is 0 Å². The number of aromatic nitrogens is 2. The fraction of sp³-hybridized carbons (Fsp3) is 0.588. The third-order valence-corrected chi connectivity index (χ3v) is 4.13. The lowest BCUT2D eigenvalue weighted by Gasteiger charge is -2.35. The molecule has 2 atom stereocenters. The molecule has 2 rings (SSSR count). The van der Waals surface area contributed by atoms with E-state index in [1.165, 1.54) is 5.52 Å². The van der Waals surface area contributed by atoms with E-state index in [-0.39, 0.29) is 17.6 Å². The first-order valence-electron chi connectivity index (χ1n) is 7.49. The molecule has 0 aliphatic carbocycles. The van der Waals surface area contributed by atoms with Crippen molar-refractivity contribution in [2.24, 2.45) is 12.5 Å². The van der Waals surface area contributed by atoms with Gasteiger partial charge in [0.05, 0.1) is 17.1 Å². The molecule has 0 saturated carbocycles. The molecule has 2 aromatic rings. The van der Waals surface area contributed by atoms with Crippen molar-refractivity contribution in [3.05, 3.63) is 30.1 Å². The van der Waals surface area contributed by atoms with Gasteiger partial charge in [0, 0.05) is 26.6 Å². The zero-order valence-corrected chi connectivity index (χ0v) is 14.0. The van der Waals surface area contributed by atoms with E-state index in [9.17, 15) is 0 Å². The predicted molar refractivity (Wildman–Crippen MR) is 87.5 cm³/mol. The number of likely N-dealkylation sites (N-methyl/N-ethyl adjacent to an activating group) is 1. The molecule has 4 heteroatoms. The van der Waals surface area contributed by atoms with Crippen LogP contribution in [0, 0.1) is 5.41 Å². The average molecular weight is 289 g/mol. The molecule has 1 aromatic carbocycles. The van der Waals surface area contributed by atoms with Crippen molar-refractivity contribution < 1.29 is 4.74 Å². The number of nitrogens with zero attached hydrogens (tertiary/aromatic N) is 2. The molecule has 0 aliphatic heterocycles. The van der Waals surface area contributed by atoms with Gasteiger partial charge in [0.1, 0.15) is 5.82 Å². The van der Waals surface area contributed by atoms with Crippen LogP contribution in [0.5, 0.6) is 0 Å². The maximum absolute atomic E-state index is 5.75. The summed E-state index contributed by atoms with van der Waals surface area (Å²) in [7, 11) is 5.86. The first-order valence-corrected chi connectivity index (χ1v) is 7.49. The van der Waals surface area contributed by atoms with Gasteiger partial charge in [-0.25, -0.2) is 4.98 Å². The number of ether oxygens (including phenoxy) is 1. The van der Waals surface area contributed by atoms with E-state index in [0.717, 1.165) is 17.8 Å². The van der Waals surface area contributed by atoms with Crippen molar-refractivity contribution in [2.45, 2.75) is 39.3 Å². The zero-order valence-electron chi connectivity index (χ0n) is 14.0. The third-order valence-electron chi connectivity index (χ3n) is 4.13. The minimum absolute atomic E-state index is 0.0764. The normalized spacial score (nSPS) is 15.3. The largest absolute Gasteiger partial charge is 0.379 e. The van der Waals surface area contributed by atoms with Crippen LogP contribution in [0.1, 0.15) is 26.6 Å². The summed E-state index contributed by atoms with van der Waals surface area (Å²) in [6, 6.07) is 8.48. The van der Waals surface area contributed by atoms with E-state index in [2.05, 4.69) is 55.9 Å². The lowest BCUT2D eigenvalue weighted by atomic mass is 9.83. The Morgan fingerprint density at radius 1 is 1.29 bits per heavy atom. The molecule has 116 valence electrons. The zero-order chi connectivity index (χ0) is 15.6. The second-order valence-corrected chi connectivity index (χ2v) is 6.70. The number of aryl methyl sites for hydroxylation is 1. The van der Waals surface area contributed by atoms with E-state index in [0.29, 0.717) is 0 Å². The highest BCUT2D eigenvalue weighted by atomic mass is 16.5. The highest BCUT2D eigenvalue weighted by Gasteiger charge is 2.32. The Kier molecular flexibility index (Phi) is 4.69. The Balaban J connectivity index is 2.30. The van der Waals surface area contributed by atoms with Crippen molar-refractivity contribution in [3.63, 3.8) is 0 Å². The molecular weight excluding hydrogens is 262 g/mol. The van der Waals surface area contributed by atoms with Crippen LogP contribution in [0.2, 0.25) is 0 Å². The van der Waals surface area contributed by atoms with Gasteiger partial charge in [0.25, 0.3) is 0 Å². The van der Waals surface area contributed by atoms with Gasteiger partial charge >= 0.3 is 0 Å². The van der Waals surface area contributed by atoms with E-state index >= 15 is 0 Å². The predicted octanol–water partition coefficient (Wildman–Crippen LogP) is 2.76. The fourth-order valence-corrected chi connectivity index (χ4v) is 3.06. The molecule has 2 unspecified atom stereocenters. The van der Waals surface area contributed by atoms with Crippen LogP contribution in [0.4, 0.5) is 0 Å². The summed E-state index contributed by atoms with van der Waals surface area (Å²) < 4.78 is 7.93. The molecule has 0 amide bonds. The minimum atomic E-state index is 0.0764. The first kappa shape index (κ1) is 16.0. The van der Waals surface area contributed by atoms with Crippen LogP contribution in [0.25, 0.3) is 11.0 Å². The van der Waals surface area contributed by atoms with Gasteiger partial charge in [-0.2, -0.15) is 0 Å². The van der Waals surface area contributed by atoms with Gasteiger partial charge < -0.3 is 14.6 Å². The van der Waals surface area contributed by atoms with Crippen molar-refractivity contribution in [1.82, 2.24) is 14.9 Å². The number of fused-ring (bicyclic) bond motifs is 1. The van der Waals surface area contributed by atoms with Gasteiger partial charge in [0.15, 0.2) is 0 Å². The minimum Gasteiger partial charge on any atom is -0.379 e. The maximum Gasteiger partial charge on any atom is 0.111 e. The van der Waals surface area contributed by atoms with Crippen LogP contribution < -0.4 is 5.32 Å². The number of hydrogen-bond donors (Lipinski definition) is 1. The summed E-state index contributed by atoms with van der Waals surface area (Å²) in [5, 5.41) is 3.40. The summed E-state index contributed by atoms with van der Waals surface area (Å²) in [6.45, 7) is 6.63. The molecule has 4 nitrogen and oxygen atoms in total. The third kappa shape index (κ3) is 3.27. The summed E-state index contributed by atoms with van der Waals surface area (Å²) in [5.41, 5.74) is 2.30. The highest BCUT2D eigenvalue weighted by Crippen LogP contribution is 2.26. The van der Waals surface area contributed by atoms with Gasteiger partial charge in [-0.15, -0.1) is 0 Å². The quantitative estimate of drug-likeness (QED) is 0.920. The molecule has 0 radical (unpaired) electrons. The van der Waals surface area contributed by atoms with E-state index in [1.54, 1.807) is 7.11 Å². The standard InChI is InChI=1S/C17H27N3O/c1-17(2,3)16(21-6)13(18-4)11-15-19-12-9-7-8-10-14(12)20(15)5/h7-10,13,16,18H,11H2,1-6H3. The molecular formula is C17H27N3O. The molecule has 0 bridgehead atoms. The van der Waals surface area contributed by atoms with Crippen LogP contribution >= 0.6 is 0 Å². The number of methoxy groups -OCH3 is 1. The number of para-hydroxylation sites is 2. The monoisotopic (exact) mass is 289 g/mol. The summed E-state index contributed by atoms with van der Waals surface area (Å²) in [5.74, 6) is 1.09. The second kappa shape index (κ2) is 6.16. The van der Waals surface area contributed by atoms with Gasteiger partial charge in [0.2, 0.25) is 0 Å². The molecule has 0 spiro atoms. The number of rotatable bonds is 5. The first-order chi connectivity index (χ1) is 9.88. The van der Waals surface area contributed by atoms with E-state index < -0.39 is 0 Å². The maximum atomic E-state index is 5.75. The van der Waals surface area contributed by atoms with Crippen molar-refractivity contribution in [2.75, 3.05) is 14.2 Å². The van der Waals surface area contributed by atoms with Crippen LogP contribution in [0.15, 0.2) is 24.3 Å². The summed E-state index contributed by atoms with van der Waals surface area (Å²) >= 11 is 0. The average Bonchev–Trinajstić information content (AvgIpc) is 2.74. The van der Waals surface area contributed by atoms with E-state index in [1.807, 2.05) is 13.1 Å². The SMILES string of the molecule is CNC(Cc1nc2ccccc2n1C)C(OC)C(C)(C)C. The van der Waals surface area contributed by atoms with Gasteiger partial charge in [-0.1, -0.05) is 32.9 Å². The smallest absolute Gasteiger partial charge is 0.111 e. The Bertz CT molecular complexity index is 598. The van der Waals surface area contributed by atoms with Gasteiger partial charge in [-0.05, 0) is 24.6 Å². The number of nitrogens with one attached hydrogen (secondary N) is 1. The molecule has 1 aromatic heterocycles. The molecule has 0 saturated heterocycles. The van der Waals surface area contributed by atoms with Crippen LogP contribution in [0.3, 0.4) is 0 Å². The van der Waals surface area contributed by atoms with Crippen molar-refractivity contribution >= 4 is 11.0 Å².